The summed E-state index contributed by atoms with van der Waals surface area (Å²) in [5, 5.41) is -0.386. The zero-order chi connectivity index (χ0) is 12.6. The fourth-order valence-corrected chi connectivity index (χ4v) is 4.34. The van der Waals surface area contributed by atoms with Gasteiger partial charge in [0.25, 0.3) is 0 Å². The van der Waals surface area contributed by atoms with E-state index < -0.39 is 9.84 Å². The highest BCUT2D eigenvalue weighted by Crippen LogP contribution is 2.51. The summed E-state index contributed by atoms with van der Waals surface area (Å²) in [5.74, 6) is -0.268. The molecule has 0 aromatic heterocycles. The highest BCUT2D eigenvalue weighted by atomic mass is 32.2. The van der Waals surface area contributed by atoms with Gasteiger partial charge in [-0.25, -0.2) is 12.8 Å². The van der Waals surface area contributed by atoms with Crippen molar-refractivity contribution < 1.29 is 12.8 Å². The maximum atomic E-state index is 12.8. The maximum Gasteiger partial charge on any atom is 0.153 e. The first-order valence-corrected chi connectivity index (χ1v) is 7.40. The second-order valence-electron chi connectivity index (χ2n) is 4.39. The summed E-state index contributed by atoms with van der Waals surface area (Å²) >= 11 is 0. The summed E-state index contributed by atoms with van der Waals surface area (Å²) in [7, 11) is -3.07. The van der Waals surface area contributed by atoms with Crippen LogP contribution < -0.4 is 5.73 Å². The van der Waals surface area contributed by atoms with Crippen LogP contribution in [0.1, 0.15) is 18.4 Å². The molecule has 1 aromatic rings. The topological polar surface area (TPSA) is 60.2 Å². The first-order valence-electron chi connectivity index (χ1n) is 5.68. The molecule has 2 rings (SSSR count). The number of benzene rings is 1. The van der Waals surface area contributed by atoms with Crippen LogP contribution in [-0.2, 0) is 9.84 Å². The molecule has 2 N–H and O–H groups in total. The molecule has 17 heavy (non-hydrogen) atoms. The summed E-state index contributed by atoms with van der Waals surface area (Å²) < 4.78 is 36.5. The monoisotopic (exact) mass is 257 g/mol. The normalized spacial score (nSPS) is 28.1. The van der Waals surface area contributed by atoms with Gasteiger partial charge in [0.1, 0.15) is 5.82 Å². The highest BCUT2D eigenvalue weighted by Gasteiger charge is 2.56. The van der Waals surface area contributed by atoms with Crippen LogP contribution in [0, 0.1) is 11.7 Å². The molecule has 3 nitrogen and oxygen atoms in total. The highest BCUT2D eigenvalue weighted by molar-refractivity contribution is 7.92. The van der Waals surface area contributed by atoms with E-state index in [4.69, 9.17) is 5.73 Å². The molecule has 0 radical (unpaired) electrons. The number of hydrogen-bond acceptors (Lipinski definition) is 3. The Labute approximate surface area is 101 Å². The van der Waals surface area contributed by atoms with Gasteiger partial charge in [0.05, 0.1) is 5.25 Å². The van der Waals surface area contributed by atoms with Gasteiger partial charge in [-0.15, -0.1) is 0 Å². The molecule has 3 atom stereocenters. The minimum absolute atomic E-state index is 0.0228. The Morgan fingerprint density at radius 2 is 1.88 bits per heavy atom. The molecule has 0 saturated heterocycles. The van der Waals surface area contributed by atoms with Crippen LogP contribution in [0.4, 0.5) is 4.39 Å². The average molecular weight is 257 g/mol. The predicted octanol–water partition coefficient (Wildman–Crippen LogP) is 1.30. The molecular formula is C12H16FNO2S. The SMILES string of the molecule is CCS(=O)(=O)C1C(CN)C1c1ccc(F)cc1. The summed E-state index contributed by atoms with van der Waals surface area (Å²) in [5.41, 5.74) is 6.46. The molecule has 0 bridgehead atoms. The fraction of sp³-hybridized carbons (Fsp3) is 0.500. The Kier molecular flexibility index (Phi) is 3.23. The lowest BCUT2D eigenvalue weighted by atomic mass is 10.1. The van der Waals surface area contributed by atoms with Crippen molar-refractivity contribution in [3.8, 4) is 0 Å². The van der Waals surface area contributed by atoms with Crippen molar-refractivity contribution >= 4 is 9.84 Å². The number of nitrogens with two attached hydrogens (primary N) is 1. The van der Waals surface area contributed by atoms with Crippen LogP contribution in [0.3, 0.4) is 0 Å². The van der Waals surface area contributed by atoms with Gasteiger partial charge in [-0.05, 0) is 30.2 Å². The van der Waals surface area contributed by atoms with E-state index in [1.807, 2.05) is 0 Å². The Morgan fingerprint density at radius 1 is 1.29 bits per heavy atom. The Morgan fingerprint density at radius 3 is 2.35 bits per heavy atom. The molecule has 0 amide bonds. The third kappa shape index (κ3) is 2.21. The Balaban J connectivity index is 2.26. The Bertz CT molecular complexity index is 498. The van der Waals surface area contributed by atoms with E-state index in [1.165, 1.54) is 12.1 Å². The van der Waals surface area contributed by atoms with Crippen molar-refractivity contribution in [2.75, 3.05) is 12.3 Å². The van der Waals surface area contributed by atoms with Gasteiger partial charge in [-0.2, -0.15) is 0 Å². The van der Waals surface area contributed by atoms with Gasteiger partial charge in [-0.3, -0.25) is 0 Å². The molecule has 0 heterocycles. The van der Waals surface area contributed by atoms with Crippen LogP contribution in [0.25, 0.3) is 0 Å². The number of halogens is 1. The number of rotatable bonds is 4. The number of sulfone groups is 1. The molecule has 1 saturated carbocycles. The molecule has 3 unspecified atom stereocenters. The van der Waals surface area contributed by atoms with Crippen LogP contribution >= 0.6 is 0 Å². The quantitative estimate of drug-likeness (QED) is 0.884. The van der Waals surface area contributed by atoms with E-state index in [0.717, 1.165) is 5.56 Å². The van der Waals surface area contributed by atoms with Gasteiger partial charge in [-0.1, -0.05) is 19.1 Å². The summed E-state index contributed by atoms with van der Waals surface area (Å²) in [4.78, 5) is 0. The second-order valence-corrected chi connectivity index (χ2v) is 6.84. The lowest BCUT2D eigenvalue weighted by molar-refractivity contribution is 0.593. The van der Waals surface area contributed by atoms with Crippen molar-refractivity contribution in [3.05, 3.63) is 35.6 Å². The standard InChI is InChI=1S/C12H16FNO2S/c1-2-17(15,16)12-10(7-14)11(12)8-3-5-9(13)6-4-8/h3-6,10-12H,2,7,14H2,1H3. The van der Waals surface area contributed by atoms with Gasteiger partial charge in [0, 0.05) is 11.7 Å². The third-order valence-corrected chi connectivity index (χ3v) is 5.72. The first kappa shape index (κ1) is 12.5. The van der Waals surface area contributed by atoms with Crippen LogP contribution in [0.15, 0.2) is 24.3 Å². The summed E-state index contributed by atoms with van der Waals surface area (Å²) in [6.45, 7) is 1.99. The fourth-order valence-electron chi connectivity index (χ4n) is 2.43. The smallest absolute Gasteiger partial charge is 0.153 e. The van der Waals surface area contributed by atoms with Gasteiger partial charge < -0.3 is 5.73 Å². The minimum Gasteiger partial charge on any atom is -0.330 e. The lowest BCUT2D eigenvalue weighted by Gasteiger charge is -2.00. The van der Waals surface area contributed by atoms with Crippen LogP contribution in [-0.4, -0.2) is 26.0 Å². The molecular weight excluding hydrogens is 241 g/mol. The van der Waals surface area contributed by atoms with E-state index in [0.29, 0.717) is 6.54 Å². The summed E-state index contributed by atoms with van der Waals surface area (Å²) in [6, 6.07) is 6.01. The lowest BCUT2D eigenvalue weighted by Crippen LogP contribution is -2.15. The van der Waals surface area contributed by atoms with E-state index in [9.17, 15) is 12.8 Å². The van der Waals surface area contributed by atoms with Crippen molar-refractivity contribution in [2.24, 2.45) is 11.7 Å². The van der Waals surface area contributed by atoms with Gasteiger partial charge in [0.2, 0.25) is 0 Å². The van der Waals surface area contributed by atoms with Crippen molar-refractivity contribution in [3.63, 3.8) is 0 Å². The molecule has 1 aliphatic carbocycles. The van der Waals surface area contributed by atoms with Crippen molar-refractivity contribution in [1.29, 1.82) is 0 Å². The predicted molar refractivity (Wildman–Crippen MR) is 64.9 cm³/mol. The van der Waals surface area contributed by atoms with Crippen molar-refractivity contribution in [2.45, 2.75) is 18.1 Å². The minimum atomic E-state index is -3.07. The zero-order valence-corrected chi connectivity index (χ0v) is 10.5. The molecule has 0 aliphatic heterocycles. The van der Waals surface area contributed by atoms with E-state index >= 15 is 0 Å². The molecule has 1 aliphatic rings. The molecule has 1 fully saturated rings. The van der Waals surface area contributed by atoms with Crippen LogP contribution in [0.2, 0.25) is 0 Å². The van der Waals surface area contributed by atoms with Gasteiger partial charge >= 0.3 is 0 Å². The largest absolute Gasteiger partial charge is 0.330 e. The van der Waals surface area contributed by atoms with E-state index in [2.05, 4.69) is 0 Å². The molecule has 1 aromatic carbocycles. The molecule has 0 spiro atoms. The van der Waals surface area contributed by atoms with Crippen molar-refractivity contribution in [1.82, 2.24) is 0 Å². The molecule has 94 valence electrons. The Hall–Kier alpha value is -0.940. The maximum absolute atomic E-state index is 12.8. The summed E-state index contributed by atoms with van der Waals surface area (Å²) in [6.07, 6.45) is 0. The molecule has 5 heteroatoms. The second kappa shape index (κ2) is 4.38. The van der Waals surface area contributed by atoms with E-state index in [-0.39, 0.29) is 28.7 Å². The first-order chi connectivity index (χ1) is 8.01. The van der Waals surface area contributed by atoms with Crippen LogP contribution in [0.5, 0.6) is 0 Å². The number of hydrogen-bond donors (Lipinski definition) is 1. The average Bonchev–Trinajstić information content (AvgIpc) is 3.05. The third-order valence-electron chi connectivity index (χ3n) is 3.44. The van der Waals surface area contributed by atoms with Gasteiger partial charge in [0.15, 0.2) is 9.84 Å². The zero-order valence-electron chi connectivity index (χ0n) is 9.64. The van der Waals surface area contributed by atoms with E-state index in [1.54, 1.807) is 19.1 Å².